The fourth-order valence-electron chi connectivity index (χ4n) is 3.86. The van der Waals surface area contributed by atoms with Crippen LogP contribution in [0.4, 0.5) is 4.79 Å². The summed E-state index contributed by atoms with van der Waals surface area (Å²) in [4.78, 5) is 16.5. The molecular weight excluding hydrogens is 314 g/mol. The number of nitrogens with zero attached hydrogens (tertiary/aromatic N) is 2. The van der Waals surface area contributed by atoms with Gasteiger partial charge in [0.25, 0.3) is 0 Å². The lowest BCUT2D eigenvalue weighted by Gasteiger charge is -2.21. The van der Waals surface area contributed by atoms with Crippen LogP contribution in [0, 0.1) is 0 Å². The SMILES string of the molecule is CCN(CC)CCNC(=O)N1CCC(Oc2cccc3c2CCC3)C1. The third-order valence-corrected chi connectivity index (χ3v) is 5.43. The summed E-state index contributed by atoms with van der Waals surface area (Å²) >= 11 is 0. The van der Waals surface area contributed by atoms with Crippen molar-refractivity contribution >= 4 is 6.03 Å². The second-order valence-electron chi connectivity index (χ2n) is 6.98. The highest BCUT2D eigenvalue weighted by Crippen LogP contribution is 2.32. The Morgan fingerprint density at radius 3 is 2.96 bits per heavy atom. The first-order valence-electron chi connectivity index (χ1n) is 9.73. The maximum atomic E-state index is 12.3. The lowest BCUT2D eigenvalue weighted by molar-refractivity contribution is 0.185. The standard InChI is InChI=1S/C20H31N3O2/c1-3-22(4-2)14-12-21-20(24)23-13-11-17(15-23)25-19-10-6-8-16-7-5-9-18(16)19/h6,8,10,17H,3-5,7,9,11-15H2,1-2H3,(H,21,24). The number of nitrogens with one attached hydrogen (secondary N) is 1. The minimum atomic E-state index is 0.0385. The molecule has 1 aliphatic carbocycles. The number of fused-ring (bicyclic) bond motifs is 1. The number of hydrogen-bond acceptors (Lipinski definition) is 3. The highest BCUT2D eigenvalue weighted by molar-refractivity contribution is 5.74. The van der Waals surface area contributed by atoms with Gasteiger partial charge in [-0.2, -0.15) is 0 Å². The second kappa shape index (κ2) is 8.56. The summed E-state index contributed by atoms with van der Waals surface area (Å²) in [6.45, 7) is 9.40. The van der Waals surface area contributed by atoms with Gasteiger partial charge in [0.1, 0.15) is 11.9 Å². The predicted octanol–water partition coefficient (Wildman–Crippen LogP) is 2.68. The molecule has 0 bridgehead atoms. The zero-order valence-corrected chi connectivity index (χ0v) is 15.6. The quantitative estimate of drug-likeness (QED) is 0.826. The van der Waals surface area contributed by atoms with E-state index in [1.54, 1.807) is 0 Å². The van der Waals surface area contributed by atoms with Crippen molar-refractivity contribution in [1.29, 1.82) is 0 Å². The number of likely N-dealkylation sites (N-methyl/N-ethyl adjacent to an activating group) is 1. The summed E-state index contributed by atoms with van der Waals surface area (Å²) in [5, 5.41) is 3.04. The van der Waals surface area contributed by atoms with Crippen molar-refractivity contribution in [3.63, 3.8) is 0 Å². The molecule has 2 amide bonds. The smallest absolute Gasteiger partial charge is 0.317 e. The van der Waals surface area contributed by atoms with Crippen molar-refractivity contribution in [3.8, 4) is 5.75 Å². The predicted molar refractivity (Wildman–Crippen MR) is 100 cm³/mol. The first-order valence-corrected chi connectivity index (χ1v) is 9.73. The average molecular weight is 345 g/mol. The van der Waals surface area contributed by atoms with Crippen LogP contribution in [0.25, 0.3) is 0 Å². The molecule has 1 N–H and O–H groups in total. The molecule has 2 aliphatic rings. The molecule has 1 unspecified atom stereocenters. The molecule has 138 valence electrons. The summed E-state index contributed by atoms with van der Waals surface area (Å²) in [5.41, 5.74) is 2.81. The number of urea groups is 1. The maximum absolute atomic E-state index is 12.3. The number of hydrogen-bond donors (Lipinski definition) is 1. The molecule has 5 heteroatoms. The van der Waals surface area contributed by atoms with Gasteiger partial charge in [0, 0.05) is 26.1 Å². The first kappa shape index (κ1) is 18.1. The topological polar surface area (TPSA) is 44.8 Å². The minimum Gasteiger partial charge on any atom is -0.488 e. The largest absolute Gasteiger partial charge is 0.488 e. The van der Waals surface area contributed by atoms with Crippen LogP contribution in [0.15, 0.2) is 18.2 Å². The number of carbonyl (C=O) groups excluding carboxylic acids is 1. The Morgan fingerprint density at radius 2 is 2.16 bits per heavy atom. The van der Waals surface area contributed by atoms with E-state index < -0.39 is 0 Å². The molecule has 0 aromatic heterocycles. The van der Waals surface area contributed by atoms with Gasteiger partial charge in [-0.1, -0.05) is 26.0 Å². The van der Waals surface area contributed by atoms with Crippen LogP contribution in [0.2, 0.25) is 0 Å². The maximum Gasteiger partial charge on any atom is 0.317 e. The second-order valence-corrected chi connectivity index (χ2v) is 6.98. The molecule has 1 aromatic carbocycles. The van der Waals surface area contributed by atoms with Crippen molar-refractivity contribution in [2.45, 2.75) is 45.6 Å². The lowest BCUT2D eigenvalue weighted by Crippen LogP contribution is -2.42. The number of benzene rings is 1. The molecule has 3 rings (SSSR count). The van der Waals surface area contributed by atoms with E-state index in [1.807, 2.05) is 4.90 Å². The number of carbonyl (C=O) groups is 1. The van der Waals surface area contributed by atoms with Crippen LogP contribution < -0.4 is 10.1 Å². The van der Waals surface area contributed by atoms with Crippen LogP contribution in [0.3, 0.4) is 0 Å². The van der Waals surface area contributed by atoms with E-state index >= 15 is 0 Å². The normalized spacial score (nSPS) is 19.3. The Labute approximate surface area is 151 Å². The van der Waals surface area contributed by atoms with Crippen LogP contribution >= 0.6 is 0 Å². The highest BCUT2D eigenvalue weighted by atomic mass is 16.5. The van der Waals surface area contributed by atoms with E-state index in [-0.39, 0.29) is 12.1 Å². The lowest BCUT2D eigenvalue weighted by atomic mass is 10.1. The molecule has 1 atom stereocenters. The zero-order chi connectivity index (χ0) is 17.6. The number of aryl methyl sites for hydroxylation is 1. The summed E-state index contributed by atoms with van der Waals surface area (Å²) < 4.78 is 6.25. The molecule has 1 aromatic rings. The fourth-order valence-corrected chi connectivity index (χ4v) is 3.86. The van der Waals surface area contributed by atoms with E-state index in [0.717, 1.165) is 51.2 Å². The summed E-state index contributed by atoms with van der Waals surface area (Å²) in [6.07, 6.45) is 4.53. The first-order chi connectivity index (χ1) is 12.2. The number of ether oxygens (including phenoxy) is 1. The number of amides is 2. The van der Waals surface area contributed by atoms with Gasteiger partial charge in [-0.05, 0) is 49.5 Å². The Bertz CT molecular complexity index is 586. The summed E-state index contributed by atoms with van der Waals surface area (Å²) in [7, 11) is 0. The summed E-state index contributed by atoms with van der Waals surface area (Å²) in [6, 6.07) is 6.42. The van der Waals surface area contributed by atoms with E-state index in [4.69, 9.17) is 4.74 Å². The molecule has 1 heterocycles. The van der Waals surface area contributed by atoms with E-state index in [2.05, 4.69) is 42.3 Å². The zero-order valence-electron chi connectivity index (χ0n) is 15.6. The highest BCUT2D eigenvalue weighted by Gasteiger charge is 2.28. The molecule has 0 radical (unpaired) electrons. The number of rotatable bonds is 7. The van der Waals surface area contributed by atoms with E-state index in [1.165, 1.54) is 17.5 Å². The molecule has 25 heavy (non-hydrogen) atoms. The van der Waals surface area contributed by atoms with Crippen molar-refractivity contribution in [2.75, 3.05) is 39.3 Å². The minimum absolute atomic E-state index is 0.0385. The van der Waals surface area contributed by atoms with E-state index in [9.17, 15) is 4.79 Å². The molecule has 0 saturated carbocycles. The van der Waals surface area contributed by atoms with Gasteiger partial charge in [0.05, 0.1) is 6.54 Å². The Morgan fingerprint density at radius 1 is 1.32 bits per heavy atom. The van der Waals surface area contributed by atoms with Gasteiger partial charge < -0.3 is 19.9 Å². The third-order valence-electron chi connectivity index (χ3n) is 5.43. The molecule has 1 aliphatic heterocycles. The molecular formula is C20H31N3O2. The third kappa shape index (κ3) is 4.46. The van der Waals surface area contributed by atoms with Gasteiger partial charge in [0.2, 0.25) is 0 Å². The van der Waals surface area contributed by atoms with Gasteiger partial charge >= 0.3 is 6.03 Å². The molecule has 0 spiro atoms. The molecule has 1 saturated heterocycles. The van der Waals surface area contributed by atoms with Crippen molar-refractivity contribution < 1.29 is 9.53 Å². The van der Waals surface area contributed by atoms with Crippen molar-refractivity contribution in [2.24, 2.45) is 0 Å². The molecule has 5 nitrogen and oxygen atoms in total. The van der Waals surface area contributed by atoms with Gasteiger partial charge in [-0.3, -0.25) is 0 Å². The van der Waals surface area contributed by atoms with Gasteiger partial charge in [-0.15, -0.1) is 0 Å². The molecule has 1 fully saturated rings. The van der Waals surface area contributed by atoms with Crippen molar-refractivity contribution in [3.05, 3.63) is 29.3 Å². The fraction of sp³-hybridized carbons (Fsp3) is 0.650. The van der Waals surface area contributed by atoms with Crippen LogP contribution in [0.1, 0.15) is 37.8 Å². The average Bonchev–Trinajstić information content (AvgIpc) is 3.28. The Hall–Kier alpha value is -1.75. The van der Waals surface area contributed by atoms with Crippen molar-refractivity contribution in [1.82, 2.24) is 15.1 Å². The van der Waals surface area contributed by atoms with Crippen LogP contribution in [0.5, 0.6) is 5.75 Å². The van der Waals surface area contributed by atoms with Gasteiger partial charge in [0.15, 0.2) is 0 Å². The van der Waals surface area contributed by atoms with Crippen LogP contribution in [-0.2, 0) is 12.8 Å². The van der Waals surface area contributed by atoms with Crippen LogP contribution in [-0.4, -0.2) is 61.2 Å². The monoisotopic (exact) mass is 345 g/mol. The number of likely N-dealkylation sites (tertiary alicyclic amines) is 1. The Balaban J connectivity index is 1.46. The van der Waals surface area contributed by atoms with Gasteiger partial charge in [-0.25, -0.2) is 4.79 Å². The van der Waals surface area contributed by atoms with E-state index in [0.29, 0.717) is 13.1 Å². The Kier molecular flexibility index (Phi) is 6.19. The summed E-state index contributed by atoms with van der Waals surface area (Å²) in [5.74, 6) is 1.03.